The summed E-state index contributed by atoms with van der Waals surface area (Å²) in [5.41, 5.74) is 1.40. The molecular formula is C11H15N. The summed E-state index contributed by atoms with van der Waals surface area (Å²) in [6.45, 7) is 0. The third-order valence-electron chi connectivity index (χ3n) is 3.15. The van der Waals surface area contributed by atoms with E-state index in [4.69, 9.17) is 5.26 Å². The van der Waals surface area contributed by atoms with Gasteiger partial charge in [0.15, 0.2) is 0 Å². The summed E-state index contributed by atoms with van der Waals surface area (Å²) in [7, 11) is 0. The lowest BCUT2D eigenvalue weighted by Gasteiger charge is -2.23. The molecule has 0 aromatic rings. The summed E-state index contributed by atoms with van der Waals surface area (Å²) >= 11 is 0. The summed E-state index contributed by atoms with van der Waals surface area (Å²) in [5.74, 6) is 1.95. The molecule has 0 aromatic carbocycles. The molecule has 0 aromatic heterocycles. The van der Waals surface area contributed by atoms with Crippen molar-refractivity contribution >= 4 is 0 Å². The molecule has 12 heavy (non-hydrogen) atoms. The molecule has 0 amide bonds. The predicted octanol–water partition coefficient (Wildman–Crippen LogP) is 3.04. The highest BCUT2D eigenvalue weighted by Gasteiger charge is 2.32. The monoisotopic (exact) mass is 161 g/mol. The Morgan fingerprint density at radius 2 is 2.08 bits per heavy atom. The lowest BCUT2D eigenvalue weighted by molar-refractivity contribution is 0.374. The topological polar surface area (TPSA) is 23.8 Å². The Balaban J connectivity index is 1.94. The average molecular weight is 161 g/mol. The molecule has 2 fully saturated rings. The summed E-state index contributed by atoms with van der Waals surface area (Å²) in [4.78, 5) is 0. The SMILES string of the molecule is N#CC=C1CCCC(C2CC2)C1. The van der Waals surface area contributed by atoms with Crippen LogP contribution in [0.3, 0.4) is 0 Å². The van der Waals surface area contributed by atoms with Crippen LogP contribution in [0.5, 0.6) is 0 Å². The van der Waals surface area contributed by atoms with E-state index >= 15 is 0 Å². The molecule has 2 aliphatic carbocycles. The van der Waals surface area contributed by atoms with Crippen LogP contribution < -0.4 is 0 Å². The summed E-state index contributed by atoms with van der Waals surface area (Å²) < 4.78 is 0. The van der Waals surface area contributed by atoms with Gasteiger partial charge >= 0.3 is 0 Å². The molecule has 2 rings (SSSR count). The molecule has 1 nitrogen and oxygen atoms in total. The van der Waals surface area contributed by atoms with Crippen LogP contribution in [-0.2, 0) is 0 Å². The van der Waals surface area contributed by atoms with Gasteiger partial charge in [-0.25, -0.2) is 0 Å². The van der Waals surface area contributed by atoms with E-state index in [1.807, 2.05) is 0 Å². The second-order valence-corrected chi connectivity index (χ2v) is 4.13. The van der Waals surface area contributed by atoms with Gasteiger partial charge < -0.3 is 0 Å². The highest BCUT2D eigenvalue weighted by atomic mass is 14.4. The van der Waals surface area contributed by atoms with Crippen molar-refractivity contribution in [2.45, 2.75) is 38.5 Å². The van der Waals surface area contributed by atoms with Gasteiger partial charge in [-0.15, -0.1) is 0 Å². The minimum Gasteiger partial charge on any atom is -0.193 e. The van der Waals surface area contributed by atoms with Crippen LogP contribution in [0, 0.1) is 23.2 Å². The fourth-order valence-corrected chi connectivity index (χ4v) is 2.32. The first-order chi connectivity index (χ1) is 5.90. The zero-order valence-electron chi connectivity index (χ0n) is 7.42. The third kappa shape index (κ3) is 1.69. The van der Waals surface area contributed by atoms with E-state index in [2.05, 4.69) is 6.07 Å². The number of rotatable bonds is 1. The minimum atomic E-state index is 0.929. The lowest BCUT2D eigenvalue weighted by atomic mass is 9.82. The number of nitriles is 1. The predicted molar refractivity (Wildman–Crippen MR) is 48.4 cm³/mol. The van der Waals surface area contributed by atoms with Gasteiger partial charge in [-0.1, -0.05) is 5.57 Å². The molecule has 64 valence electrons. The van der Waals surface area contributed by atoms with Crippen molar-refractivity contribution in [2.24, 2.45) is 11.8 Å². The molecule has 1 heteroatoms. The number of nitrogens with zero attached hydrogens (tertiary/aromatic N) is 1. The van der Waals surface area contributed by atoms with Gasteiger partial charge in [0.1, 0.15) is 0 Å². The Bertz CT molecular complexity index is 230. The Morgan fingerprint density at radius 3 is 2.75 bits per heavy atom. The molecule has 1 unspecified atom stereocenters. The molecule has 0 saturated heterocycles. The minimum absolute atomic E-state index is 0.929. The Morgan fingerprint density at radius 1 is 1.25 bits per heavy atom. The first-order valence-electron chi connectivity index (χ1n) is 4.97. The zero-order valence-corrected chi connectivity index (χ0v) is 7.42. The van der Waals surface area contributed by atoms with Gasteiger partial charge in [-0.2, -0.15) is 5.26 Å². The second-order valence-electron chi connectivity index (χ2n) is 4.13. The number of hydrogen-bond acceptors (Lipinski definition) is 1. The first kappa shape index (κ1) is 7.86. The highest BCUT2D eigenvalue weighted by Crippen LogP contribution is 2.45. The highest BCUT2D eigenvalue weighted by molar-refractivity contribution is 5.16. The second kappa shape index (κ2) is 3.31. The zero-order chi connectivity index (χ0) is 8.39. The van der Waals surface area contributed by atoms with E-state index in [0.29, 0.717) is 0 Å². The van der Waals surface area contributed by atoms with Crippen molar-refractivity contribution in [1.82, 2.24) is 0 Å². The summed E-state index contributed by atoms with van der Waals surface area (Å²) in [6, 6.07) is 2.16. The average Bonchev–Trinajstić information content (AvgIpc) is 2.88. The fourth-order valence-electron chi connectivity index (χ4n) is 2.32. The summed E-state index contributed by atoms with van der Waals surface area (Å²) in [5, 5.41) is 8.53. The van der Waals surface area contributed by atoms with Crippen molar-refractivity contribution in [3.8, 4) is 6.07 Å². The van der Waals surface area contributed by atoms with E-state index in [0.717, 1.165) is 11.8 Å². The van der Waals surface area contributed by atoms with Gasteiger partial charge in [0.05, 0.1) is 6.07 Å². The quantitative estimate of drug-likeness (QED) is 0.542. The van der Waals surface area contributed by atoms with Crippen molar-refractivity contribution < 1.29 is 0 Å². The van der Waals surface area contributed by atoms with Gasteiger partial charge in [0.25, 0.3) is 0 Å². The maximum atomic E-state index is 8.53. The Labute approximate surface area is 74.1 Å². The largest absolute Gasteiger partial charge is 0.193 e. The van der Waals surface area contributed by atoms with E-state index in [9.17, 15) is 0 Å². The number of hydrogen-bond donors (Lipinski definition) is 0. The molecule has 0 radical (unpaired) electrons. The van der Waals surface area contributed by atoms with Gasteiger partial charge in [-0.3, -0.25) is 0 Å². The van der Waals surface area contributed by atoms with E-state index < -0.39 is 0 Å². The molecule has 1 atom stereocenters. The molecule has 0 bridgehead atoms. The molecule has 2 aliphatic rings. The molecule has 0 heterocycles. The Hall–Kier alpha value is -0.770. The van der Waals surface area contributed by atoms with Crippen LogP contribution in [0.4, 0.5) is 0 Å². The molecule has 0 aliphatic heterocycles. The standard InChI is InChI=1S/C11H15N/c12-7-6-9-2-1-3-11(8-9)10-4-5-10/h6,10-11H,1-5,8H2. The van der Waals surface area contributed by atoms with Crippen molar-refractivity contribution in [3.05, 3.63) is 11.6 Å². The third-order valence-corrected chi connectivity index (χ3v) is 3.15. The van der Waals surface area contributed by atoms with Gasteiger partial charge in [-0.05, 0) is 50.4 Å². The number of allylic oxidation sites excluding steroid dienone is 2. The smallest absolute Gasteiger partial charge is 0.0911 e. The maximum Gasteiger partial charge on any atom is 0.0911 e. The first-order valence-corrected chi connectivity index (χ1v) is 4.97. The van der Waals surface area contributed by atoms with Gasteiger partial charge in [0, 0.05) is 6.08 Å². The summed E-state index contributed by atoms with van der Waals surface area (Å²) in [6.07, 6.45) is 9.79. The van der Waals surface area contributed by atoms with E-state index in [1.54, 1.807) is 6.08 Å². The Kier molecular flexibility index (Phi) is 2.17. The van der Waals surface area contributed by atoms with Crippen molar-refractivity contribution in [3.63, 3.8) is 0 Å². The lowest BCUT2D eigenvalue weighted by Crippen LogP contribution is -2.10. The fraction of sp³-hybridized carbons (Fsp3) is 0.727. The van der Waals surface area contributed by atoms with Crippen LogP contribution in [0.25, 0.3) is 0 Å². The van der Waals surface area contributed by atoms with Crippen LogP contribution in [0.15, 0.2) is 11.6 Å². The van der Waals surface area contributed by atoms with E-state index in [-0.39, 0.29) is 0 Å². The van der Waals surface area contributed by atoms with Crippen molar-refractivity contribution in [2.75, 3.05) is 0 Å². The van der Waals surface area contributed by atoms with Crippen molar-refractivity contribution in [1.29, 1.82) is 5.26 Å². The van der Waals surface area contributed by atoms with E-state index in [1.165, 1.54) is 44.1 Å². The van der Waals surface area contributed by atoms with Crippen LogP contribution in [0.2, 0.25) is 0 Å². The normalized spacial score (nSPS) is 33.2. The maximum absolute atomic E-state index is 8.53. The molecule has 2 saturated carbocycles. The molecule has 0 spiro atoms. The molecular weight excluding hydrogens is 146 g/mol. The van der Waals surface area contributed by atoms with Crippen LogP contribution in [0.1, 0.15) is 38.5 Å². The molecule has 0 N–H and O–H groups in total. The van der Waals surface area contributed by atoms with Crippen LogP contribution in [-0.4, -0.2) is 0 Å². The van der Waals surface area contributed by atoms with Gasteiger partial charge in [0.2, 0.25) is 0 Å². The van der Waals surface area contributed by atoms with Crippen LogP contribution >= 0.6 is 0 Å².